The van der Waals surface area contributed by atoms with Crippen molar-refractivity contribution in [2.24, 2.45) is 0 Å². The molecule has 1 heterocycles. The van der Waals surface area contributed by atoms with Crippen molar-refractivity contribution in [2.75, 3.05) is 37.1 Å². The number of nitrogens with zero attached hydrogens (tertiary/aromatic N) is 4. The first-order chi connectivity index (χ1) is 15.5. The third kappa shape index (κ3) is 4.94. The van der Waals surface area contributed by atoms with Crippen LogP contribution in [0.1, 0.15) is 29.3 Å². The molecule has 0 spiro atoms. The maximum Gasteiger partial charge on any atom is 0.258 e. The summed E-state index contributed by atoms with van der Waals surface area (Å²) in [4.78, 5) is 31.3. The van der Waals surface area contributed by atoms with E-state index >= 15 is 0 Å². The van der Waals surface area contributed by atoms with Gasteiger partial charge < -0.3 is 19.3 Å². The van der Waals surface area contributed by atoms with Crippen LogP contribution < -0.4 is 10.2 Å². The third-order valence-electron chi connectivity index (χ3n) is 4.95. The number of hydrogen-bond donors (Lipinski definition) is 2. The number of imidazole rings is 1. The summed E-state index contributed by atoms with van der Waals surface area (Å²) in [6.07, 6.45) is 0.480. The first-order valence-corrected chi connectivity index (χ1v) is 10.2. The largest absolute Gasteiger partial charge is 0.396 e. The monoisotopic (exact) mass is 435 g/mol. The van der Waals surface area contributed by atoms with Crippen molar-refractivity contribution in [3.63, 3.8) is 0 Å². The number of aryl methyl sites for hydroxylation is 1. The average Bonchev–Trinajstić information content (AvgIpc) is 3.14. The third-order valence-corrected chi connectivity index (χ3v) is 4.95. The minimum absolute atomic E-state index is 0.00943. The predicted molar refractivity (Wildman–Crippen MR) is 120 cm³/mol. The number of hydrogen-bond acceptors (Lipinski definition) is 6. The number of carbonyl (C=O) groups excluding carboxylic acids is 2. The number of fused-ring (bicyclic) bond motifs is 1. The van der Waals surface area contributed by atoms with Crippen molar-refractivity contribution in [3.8, 4) is 6.07 Å². The lowest BCUT2D eigenvalue weighted by molar-refractivity contribution is -0.122. The Morgan fingerprint density at radius 3 is 2.78 bits per heavy atom. The standard InChI is InChI=1S/C23H25N5O4/c1-3-27(21(30)15-32-2)18-8-9-20-19(13-18)25-23(28(20)10-5-11-29)26-22(31)17-7-4-6-16(12-17)14-24/h4,6-9,12-13,29H,3,5,10-11,15H2,1-2H3,(H,25,26,31). The van der Waals surface area contributed by atoms with Gasteiger partial charge >= 0.3 is 0 Å². The number of aromatic nitrogens is 2. The second-order valence-corrected chi connectivity index (χ2v) is 7.05. The van der Waals surface area contributed by atoms with Crippen molar-refractivity contribution in [1.82, 2.24) is 9.55 Å². The molecule has 9 heteroatoms. The lowest BCUT2D eigenvalue weighted by Gasteiger charge is -2.20. The zero-order valence-corrected chi connectivity index (χ0v) is 18.0. The van der Waals surface area contributed by atoms with Crippen molar-refractivity contribution in [3.05, 3.63) is 53.6 Å². The Morgan fingerprint density at radius 1 is 1.28 bits per heavy atom. The summed E-state index contributed by atoms with van der Waals surface area (Å²) in [5.41, 5.74) is 2.77. The van der Waals surface area contributed by atoms with E-state index in [0.717, 1.165) is 5.52 Å². The highest BCUT2D eigenvalue weighted by Gasteiger charge is 2.18. The van der Waals surface area contributed by atoms with Crippen molar-refractivity contribution < 1.29 is 19.4 Å². The maximum atomic E-state index is 12.8. The fourth-order valence-corrected chi connectivity index (χ4v) is 3.44. The molecular formula is C23H25N5O4. The fourth-order valence-electron chi connectivity index (χ4n) is 3.44. The molecule has 3 aromatic rings. The molecule has 0 saturated heterocycles. The smallest absolute Gasteiger partial charge is 0.258 e. The van der Waals surface area contributed by atoms with Gasteiger partial charge in [0.2, 0.25) is 5.95 Å². The van der Waals surface area contributed by atoms with Gasteiger partial charge in [0.1, 0.15) is 6.61 Å². The molecule has 0 fully saturated rings. The van der Waals surface area contributed by atoms with Gasteiger partial charge in [-0.05, 0) is 49.7 Å². The molecule has 0 aliphatic rings. The van der Waals surface area contributed by atoms with Crippen molar-refractivity contribution >= 4 is 34.5 Å². The molecule has 2 aromatic carbocycles. The van der Waals surface area contributed by atoms with E-state index in [4.69, 9.17) is 10.00 Å². The molecule has 0 aliphatic heterocycles. The predicted octanol–water partition coefficient (Wildman–Crippen LogP) is 2.54. The van der Waals surface area contributed by atoms with Crippen LogP contribution in [0.4, 0.5) is 11.6 Å². The summed E-state index contributed by atoms with van der Waals surface area (Å²) in [5, 5.41) is 21.2. The topological polar surface area (TPSA) is 120 Å². The van der Waals surface area contributed by atoms with Gasteiger partial charge in [0.05, 0.1) is 22.7 Å². The molecule has 1 aromatic heterocycles. The molecule has 0 aliphatic carbocycles. The lowest BCUT2D eigenvalue weighted by Crippen LogP contribution is -2.33. The van der Waals surface area contributed by atoms with E-state index in [2.05, 4.69) is 10.3 Å². The number of aliphatic hydroxyl groups excluding tert-OH is 1. The van der Waals surface area contributed by atoms with Crippen LogP contribution >= 0.6 is 0 Å². The van der Waals surface area contributed by atoms with Crippen LogP contribution in [0, 0.1) is 11.3 Å². The second-order valence-electron chi connectivity index (χ2n) is 7.05. The van der Waals surface area contributed by atoms with Gasteiger partial charge in [-0.3, -0.25) is 14.9 Å². The molecular weight excluding hydrogens is 410 g/mol. The number of nitrogens with one attached hydrogen (secondary N) is 1. The number of likely N-dealkylation sites (N-methyl/N-ethyl adjacent to an activating group) is 1. The number of methoxy groups -OCH3 is 1. The minimum atomic E-state index is -0.395. The Balaban J connectivity index is 1.98. The summed E-state index contributed by atoms with van der Waals surface area (Å²) in [6, 6.07) is 13.9. The SMILES string of the molecule is CCN(C(=O)COC)c1ccc2c(c1)nc(NC(=O)c1cccc(C#N)c1)n2CCCO. The number of ether oxygens (including phenoxy) is 1. The number of nitriles is 1. The van der Waals surface area contributed by atoms with Gasteiger partial charge in [-0.2, -0.15) is 5.26 Å². The molecule has 0 atom stereocenters. The first kappa shape index (κ1) is 22.9. The Kier molecular flexibility index (Phi) is 7.54. The molecule has 0 radical (unpaired) electrons. The van der Waals surface area contributed by atoms with E-state index in [1.165, 1.54) is 13.2 Å². The van der Waals surface area contributed by atoms with Crippen LogP contribution in [0.2, 0.25) is 0 Å². The Labute approximate surface area is 185 Å². The van der Waals surface area contributed by atoms with Crippen molar-refractivity contribution in [2.45, 2.75) is 19.9 Å². The van der Waals surface area contributed by atoms with E-state index in [1.807, 2.05) is 29.7 Å². The van der Waals surface area contributed by atoms with Crippen LogP contribution in [0.3, 0.4) is 0 Å². The van der Waals surface area contributed by atoms with Gasteiger partial charge in [-0.1, -0.05) is 6.07 Å². The number of carbonyl (C=O) groups is 2. The van der Waals surface area contributed by atoms with Crippen LogP contribution in [0.25, 0.3) is 11.0 Å². The molecule has 0 bridgehead atoms. The zero-order valence-electron chi connectivity index (χ0n) is 18.0. The fraction of sp³-hybridized carbons (Fsp3) is 0.304. The average molecular weight is 435 g/mol. The quantitative estimate of drug-likeness (QED) is 0.533. The summed E-state index contributed by atoms with van der Waals surface area (Å²) in [6.45, 7) is 2.75. The summed E-state index contributed by atoms with van der Waals surface area (Å²) in [5.74, 6) is -0.238. The Bertz CT molecular complexity index is 1160. The Hall–Kier alpha value is -3.74. The highest BCUT2D eigenvalue weighted by atomic mass is 16.5. The molecule has 2 N–H and O–H groups in total. The Morgan fingerprint density at radius 2 is 2.09 bits per heavy atom. The lowest BCUT2D eigenvalue weighted by atomic mass is 10.1. The summed E-state index contributed by atoms with van der Waals surface area (Å²) < 4.78 is 6.78. The molecule has 9 nitrogen and oxygen atoms in total. The minimum Gasteiger partial charge on any atom is -0.396 e. The molecule has 0 unspecified atom stereocenters. The number of rotatable bonds is 9. The van der Waals surface area contributed by atoms with E-state index in [0.29, 0.717) is 47.8 Å². The van der Waals surface area contributed by atoms with E-state index in [9.17, 15) is 14.7 Å². The maximum absolute atomic E-state index is 12.8. The van der Waals surface area contributed by atoms with Gasteiger partial charge in [0.15, 0.2) is 0 Å². The zero-order chi connectivity index (χ0) is 23.1. The van der Waals surface area contributed by atoms with Gasteiger partial charge in [0.25, 0.3) is 11.8 Å². The van der Waals surface area contributed by atoms with Crippen molar-refractivity contribution in [1.29, 1.82) is 5.26 Å². The molecule has 3 rings (SSSR count). The van der Waals surface area contributed by atoms with Gasteiger partial charge in [-0.15, -0.1) is 0 Å². The number of benzene rings is 2. The molecule has 0 saturated carbocycles. The van der Waals surface area contributed by atoms with Crippen LogP contribution in [0.5, 0.6) is 0 Å². The van der Waals surface area contributed by atoms with E-state index in [1.54, 1.807) is 29.2 Å². The molecule has 32 heavy (non-hydrogen) atoms. The molecule has 166 valence electrons. The van der Waals surface area contributed by atoms with E-state index < -0.39 is 5.91 Å². The van der Waals surface area contributed by atoms with Crippen LogP contribution in [-0.4, -0.2) is 53.3 Å². The van der Waals surface area contributed by atoms with Crippen LogP contribution in [0.15, 0.2) is 42.5 Å². The van der Waals surface area contributed by atoms with E-state index in [-0.39, 0.29) is 19.1 Å². The highest BCUT2D eigenvalue weighted by molar-refractivity contribution is 6.04. The second kappa shape index (κ2) is 10.5. The number of aliphatic hydroxyl groups is 1. The van der Waals surface area contributed by atoms with Gasteiger partial charge in [-0.25, -0.2) is 4.98 Å². The van der Waals surface area contributed by atoms with Gasteiger partial charge in [0, 0.05) is 38.1 Å². The first-order valence-electron chi connectivity index (χ1n) is 10.2. The molecule has 2 amide bonds. The summed E-state index contributed by atoms with van der Waals surface area (Å²) in [7, 11) is 1.47. The highest BCUT2D eigenvalue weighted by Crippen LogP contribution is 2.26. The van der Waals surface area contributed by atoms with Crippen LogP contribution in [-0.2, 0) is 16.1 Å². The number of amides is 2. The normalized spacial score (nSPS) is 10.7. The summed E-state index contributed by atoms with van der Waals surface area (Å²) >= 11 is 0. The number of anilines is 2.